The summed E-state index contributed by atoms with van der Waals surface area (Å²) < 4.78 is -0.0680. The van der Waals surface area contributed by atoms with Crippen LogP contribution in [0.15, 0.2) is 125 Å². The molecule has 170 valence electrons. The van der Waals surface area contributed by atoms with Crippen LogP contribution in [0.2, 0.25) is 0 Å². The lowest BCUT2D eigenvalue weighted by atomic mass is 9.77. The summed E-state index contributed by atoms with van der Waals surface area (Å²) in [7, 11) is 0. The first-order valence-corrected chi connectivity index (χ1v) is 13.0. The van der Waals surface area contributed by atoms with Crippen LogP contribution in [0.1, 0.15) is 32.8 Å². The standard InChI is InChI=1S/C32H30S2/c1-22(18-19-25-21-32(33)30(34-32)23(25)2)26-15-9-6-12-20-31(3,4)29(24-13-7-5-8-14-24)28-17-11-10-16-27(26)28/h5-14,16-21,33H,1,15H2,2-4H3/b9-6-,19-18-,20-12-,27-26+,29-28-. The van der Waals surface area contributed by atoms with Crippen molar-refractivity contribution in [1.82, 2.24) is 0 Å². The maximum Gasteiger partial charge on any atom is 0.113 e. The van der Waals surface area contributed by atoms with Gasteiger partial charge in [0.25, 0.3) is 0 Å². The molecule has 1 unspecified atom stereocenters. The number of benzene rings is 2. The minimum Gasteiger partial charge on any atom is -0.152 e. The lowest BCUT2D eigenvalue weighted by Crippen LogP contribution is -2.34. The van der Waals surface area contributed by atoms with Crippen molar-refractivity contribution in [3.05, 3.63) is 141 Å². The third kappa shape index (κ3) is 4.26. The topological polar surface area (TPSA) is 0 Å². The van der Waals surface area contributed by atoms with Gasteiger partial charge in [-0.1, -0.05) is 111 Å². The van der Waals surface area contributed by atoms with Crippen LogP contribution in [-0.4, -0.2) is 4.08 Å². The Morgan fingerprint density at radius 2 is 1.71 bits per heavy atom. The van der Waals surface area contributed by atoms with Gasteiger partial charge in [-0.15, -0.1) is 11.8 Å². The van der Waals surface area contributed by atoms with Crippen molar-refractivity contribution in [2.45, 2.75) is 31.3 Å². The van der Waals surface area contributed by atoms with E-state index in [1.807, 2.05) is 11.8 Å². The SMILES string of the molecule is C=C(/C=C\C1=CC2(S)SC2=C1C)/C1=c2\cccc\c2=C(/c2ccccc2)C(C)(C)/C=C\C=C/C1. The maximum absolute atomic E-state index is 4.78. The van der Waals surface area contributed by atoms with Gasteiger partial charge in [0.2, 0.25) is 0 Å². The van der Waals surface area contributed by atoms with Gasteiger partial charge in [-0.2, -0.15) is 12.6 Å². The Hall–Kier alpha value is -2.68. The lowest BCUT2D eigenvalue weighted by molar-refractivity contribution is 0.646. The van der Waals surface area contributed by atoms with Gasteiger partial charge in [0.05, 0.1) is 0 Å². The minimum absolute atomic E-state index is 0.0680. The number of rotatable bonds is 4. The Bertz CT molecular complexity index is 1440. The number of thiol groups is 1. The van der Waals surface area contributed by atoms with Gasteiger partial charge in [-0.3, -0.25) is 0 Å². The molecule has 1 heterocycles. The molecule has 0 radical (unpaired) electrons. The largest absolute Gasteiger partial charge is 0.152 e. The van der Waals surface area contributed by atoms with Gasteiger partial charge in [0, 0.05) is 10.3 Å². The molecule has 3 aliphatic rings. The first kappa shape index (κ1) is 23.1. The molecule has 0 amide bonds. The normalized spacial score (nSPS) is 28.2. The smallest absolute Gasteiger partial charge is 0.113 e. The molecule has 34 heavy (non-hydrogen) atoms. The minimum atomic E-state index is -0.140. The Morgan fingerprint density at radius 1 is 1.00 bits per heavy atom. The van der Waals surface area contributed by atoms with Crippen LogP contribution in [0.4, 0.5) is 0 Å². The molecule has 0 spiro atoms. The molecule has 2 heteroatoms. The van der Waals surface area contributed by atoms with E-state index in [1.54, 1.807) is 0 Å². The van der Waals surface area contributed by atoms with Crippen molar-refractivity contribution in [2.75, 3.05) is 0 Å². The van der Waals surface area contributed by atoms with E-state index in [0.29, 0.717) is 0 Å². The molecular weight excluding hydrogens is 448 g/mol. The van der Waals surface area contributed by atoms with E-state index >= 15 is 0 Å². The predicted molar refractivity (Wildman–Crippen MR) is 153 cm³/mol. The number of hydrogen-bond donors (Lipinski definition) is 1. The second kappa shape index (κ2) is 8.83. The summed E-state index contributed by atoms with van der Waals surface area (Å²) in [6, 6.07) is 19.6. The Balaban J connectivity index is 1.72. The highest BCUT2D eigenvalue weighted by atomic mass is 32.2. The van der Waals surface area contributed by atoms with Gasteiger partial charge in [0.15, 0.2) is 0 Å². The van der Waals surface area contributed by atoms with Gasteiger partial charge >= 0.3 is 0 Å². The van der Waals surface area contributed by atoms with Crippen LogP contribution >= 0.6 is 24.4 Å². The second-order valence-electron chi connectivity index (χ2n) is 9.69. The molecule has 0 bridgehead atoms. The van der Waals surface area contributed by atoms with Gasteiger partial charge in [0.1, 0.15) is 4.08 Å². The van der Waals surface area contributed by atoms with E-state index in [-0.39, 0.29) is 9.49 Å². The van der Waals surface area contributed by atoms with Crippen LogP contribution in [-0.2, 0) is 0 Å². The van der Waals surface area contributed by atoms with Crippen LogP contribution in [0.5, 0.6) is 0 Å². The molecule has 0 saturated carbocycles. The zero-order valence-electron chi connectivity index (χ0n) is 20.0. The van der Waals surface area contributed by atoms with Crippen LogP contribution < -0.4 is 10.4 Å². The van der Waals surface area contributed by atoms with Crippen molar-refractivity contribution in [2.24, 2.45) is 5.41 Å². The molecule has 5 rings (SSSR count). The summed E-state index contributed by atoms with van der Waals surface area (Å²) in [5, 5.41) is 2.53. The molecule has 0 nitrogen and oxygen atoms in total. The predicted octanol–water partition coefficient (Wildman–Crippen LogP) is 7.28. The van der Waals surface area contributed by atoms with Crippen LogP contribution in [0.3, 0.4) is 0 Å². The summed E-state index contributed by atoms with van der Waals surface area (Å²) in [6.45, 7) is 11.3. The molecule has 0 aromatic heterocycles. The van der Waals surface area contributed by atoms with Crippen molar-refractivity contribution in [3.63, 3.8) is 0 Å². The Labute approximate surface area is 213 Å². The summed E-state index contributed by atoms with van der Waals surface area (Å²) in [6.07, 6.45) is 16.4. The zero-order chi connectivity index (χ0) is 23.9. The number of thioether (sulfide) groups is 1. The Kier molecular flexibility index (Phi) is 6.00. The monoisotopic (exact) mass is 478 g/mol. The van der Waals surface area contributed by atoms with Gasteiger partial charge < -0.3 is 0 Å². The second-order valence-corrected chi connectivity index (χ2v) is 12.0. The molecule has 1 aliphatic heterocycles. The zero-order valence-corrected chi connectivity index (χ0v) is 21.7. The molecule has 2 aliphatic carbocycles. The van der Waals surface area contributed by atoms with E-state index < -0.39 is 0 Å². The lowest BCUT2D eigenvalue weighted by Gasteiger charge is -2.26. The fraction of sp³-hybridized carbons (Fsp3) is 0.188. The third-order valence-electron chi connectivity index (χ3n) is 6.83. The molecule has 1 fully saturated rings. The maximum atomic E-state index is 4.78. The molecular formula is C32H30S2. The first-order valence-electron chi connectivity index (χ1n) is 11.8. The van der Waals surface area contributed by atoms with E-state index in [0.717, 1.165) is 12.0 Å². The van der Waals surface area contributed by atoms with E-state index in [4.69, 9.17) is 12.6 Å². The van der Waals surface area contributed by atoms with Gasteiger partial charge in [-0.25, -0.2) is 0 Å². The third-order valence-corrected chi connectivity index (χ3v) is 8.87. The van der Waals surface area contributed by atoms with Crippen molar-refractivity contribution in [1.29, 1.82) is 0 Å². The summed E-state index contributed by atoms with van der Waals surface area (Å²) in [4.78, 5) is 1.39. The Morgan fingerprint density at radius 3 is 2.41 bits per heavy atom. The van der Waals surface area contributed by atoms with Crippen molar-refractivity contribution in [3.8, 4) is 0 Å². The molecule has 2 aromatic rings. The highest BCUT2D eigenvalue weighted by Gasteiger charge is 2.50. The molecule has 0 N–H and O–H groups in total. The fourth-order valence-corrected chi connectivity index (χ4v) is 6.50. The summed E-state index contributed by atoms with van der Waals surface area (Å²) in [5.41, 5.74) is 7.35. The summed E-state index contributed by atoms with van der Waals surface area (Å²) in [5.74, 6) is 0. The number of fused-ring (bicyclic) bond motifs is 2. The van der Waals surface area contributed by atoms with Crippen LogP contribution in [0.25, 0.3) is 11.1 Å². The van der Waals surface area contributed by atoms with Crippen molar-refractivity contribution < 1.29 is 0 Å². The number of allylic oxidation sites excluding steroid dienone is 9. The highest BCUT2D eigenvalue weighted by molar-refractivity contribution is 8.23. The average Bonchev–Trinajstić information content (AvgIpc) is 3.43. The van der Waals surface area contributed by atoms with E-state index in [9.17, 15) is 0 Å². The average molecular weight is 479 g/mol. The summed E-state index contributed by atoms with van der Waals surface area (Å²) >= 11 is 6.62. The van der Waals surface area contributed by atoms with Crippen LogP contribution in [0, 0.1) is 5.41 Å². The fourth-order valence-electron chi connectivity index (χ4n) is 4.99. The highest BCUT2D eigenvalue weighted by Crippen LogP contribution is 2.67. The first-order chi connectivity index (χ1) is 16.3. The number of hydrogen-bond acceptors (Lipinski definition) is 2. The quantitative estimate of drug-likeness (QED) is 0.274. The van der Waals surface area contributed by atoms with E-state index in [1.165, 1.54) is 43.2 Å². The molecule has 2 aromatic carbocycles. The molecule has 1 atom stereocenters. The van der Waals surface area contributed by atoms with Gasteiger partial charge in [-0.05, 0) is 63.3 Å². The van der Waals surface area contributed by atoms with E-state index in [2.05, 4.69) is 124 Å². The van der Waals surface area contributed by atoms with Crippen molar-refractivity contribution >= 4 is 35.5 Å². The molecule has 1 saturated heterocycles.